The summed E-state index contributed by atoms with van der Waals surface area (Å²) in [6.07, 6.45) is 3.26. The summed E-state index contributed by atoms with van der Waals surface area (Å²) >= 11 is 6.18. The number of rotatable bonds is 6. The molecule has 21 heavy (non-hydrogen) atoms. The Balaban J connectivity index is 2.23. The van der Waals surface area contributed by atoms with E-state index in [1.54, 1.807) is 0 Å². The molecule has 0 bridgehead atoms. The van der Waals surface area contributed by atoms with Gasteiger partial charge in [-0.3, -0.25) is 0 Å². The lowest BCUT2D eigenvalue weighted by Crippen LogP contribution is -2.12. The van der Waals surface area contributed by atoms with Gasteiger partial charge in [-0.1, -0.05) is 49.6 Å². The molecule has 2 rings (SSSR count). The second-order valence-corrected chi connectivity index (χ2v) is 5.71. The van der Waals surface area contributed by atoms with Crippen molar-refractivity contribution < 1.29 is 4.39 Å². The molecule has 1 atom stereocenters. The molecule has 0 aliphatic heterocycles. The van der Waals surface area contributed by atoms with Crippen LogP contribution in [0.2, 0.25) is 5.02 Å². The van der Waals surface area contributed by atoms with E-state index in [1.807, 2.05) is 37.3 Å². The van der Waals surface area contributed by atoms with E-state index >= 15 is 0 Å². The summed E-state index contributed by atoms with van der Waals surface area (Å²) in [6.45, 7) is 4.18. The number of hydrogen-bond acceptors (Lipinski definition) is 1. The minimum Gasteiger partial charge on any atom is -0.378 e. The molecule has 0 heterocycles. The smallest absolute Gasteiger partial charge is 0.123 e. The van der Waals surface area contributed by atoms with Crippen molar-refractivity contribution >= 4 is 17.3 Å². The molecule has 0 aromatic heterocycles. The Hall–Kier alpha value is -1.54. The summed E-state index contributed by atoms with van der Waals surface area (Å²) in [4.78, 5) is 0. The van der Waals surface area contributed by atoms with Gasteiger partial charge in [0.15, 0.2) is 0 Å². The van der Waals surface area contributed by atoms with Crippen molar-refractivity contribution in [3.63, 3.8) is 0 Å². The highest BCUT2D eigenvalue weighted by Gasteiger charge is 2.13. The van der Waals surface area contributed by atoms with Gasteiger partial charge in [0.2, 0.25) is 0 Å². The molecule has 0 saturated heterocycles. The lowest BCUT2D eigenvalue weighted by Gasteiger charge is -2.22. The van der Waals surface area contributed by atoms with Crippen molar-refractivity contribution in [1.82, 2.24) is 0 Å². The quantitative estimate of drug-likeness (QED) is 0.676. The molecular weight excluding hydrogens is 285 g/mol. The van der Waals surface area contributed by atoms with Crippen LogP contribution in [0, 0.1) is 12.7 Å². The third-order valence-corrected chi connectivity index (χ3v) is 4.13. The highest BCUT2D eigenvalue weighted by atomic mass is 35.5. The van der Waals surface area contributed by atoms with E-state index in [4.69, 9.17) is 11.6 Å². The highest BCUT2D eigenvalue weighted by Crippen LogP contribution is 2.29. The predicted octanol–water partition coefficient (Wildman–Crippen LogP) is 6.13. The molecule has 1 N–H and O–H groups in total. The number of unbranched alkanes of at least 4 members (excludes halogenated alkanes) is 1. The van der Waals surface area contributed by atoms with Crippen LogP contribution in [0.1, 0.15) is 43.4 Å². The molecule has 2 aromatic carbocycles. The first kappa shape index (κ1) is 15.8. The highest BCUT2D eigenvalue weighted by molar-refractivity contribution is 6.31. The maximum atomic E-state index is 13.1. The number of anilines is 1. The SMILES string of the molecule is CCCCC(Nc1cccc(Cl)c1C)c1ccc(F)cc1. The maximum Gasteiger partial charge on any atom is 0.123 e. The Morgan fingerprint density at radius 1 is 1.14 bits per heavy atom. The molecule has 0 fully saturated rings. The lowest BCUT2D eigenvalue weighted by molar-refractivity contribution is 0.616. The van der Waals surface area contributed by atoms with Crippen molar-refractivity contribution in [1.29, 1.82) is 0 Å². The average molecular weight is 306 g/mol. The summed E-state index contributed by atoms with van der Waals surface area (Å²) in [5, 5.41) is 4.31. The molecule has 0 radical (unpaired) electrons. The van der Waals surface area contributed by atoms with Gasteiger partial charge in [-0.2, -0.15) is 0 Å². The van der Waals surface area contributed by atoms with E-state index in [-0.39, 0.29) is 11.9 Å². The van der Waals surface area contributed by atoms with Gasteiger partial charge in [0.05, 0.1) is 6.04 Å². The summed E-state index contributed by atoms with van der Waals surface area (Å²) in [5.74, 6) is -0.202. The standard InChI is InChI=1S/C18H21ClFN/c1-3-4-7-18(14-9-11-15(20)12-10-14)21-17-8-5-6-16(19)13(17)2/h5-6,8-12,18,21H,3-4,7H2,1-2H3. The maximum absolute atomic E-state index is 13.1. The molecule has 0 aliphatic carbocycles. The van der Waals surface area contributed by atoms with E-state index in [1.165, 1.54) is 12.1 Å². The Morgan fingerprint density at radius 3 is 2.52 bits per heavy atom. The van der Waals surface area contributed by atoms with E-state index in [2.05, 4.69) is 12.2 Å². The van der Waals surface area contributed by atoms with Gasteiger partial charge in [-0.15, -0.1) is 0 Å². The van der Waals surface area contributed by atoms with E-state index in [0.717, 1.165) is 41.1 Å². The van der Waals surface area contributed by atoms with Crippen molar-refractivity contribution in [3.05, 3.63) is 64.4 Å². The van der Waals surface area contributed by atoms with E-state index < -0.39 is 0 Å². The number of nitrogens with one attached hydrogen (secondary N) is 1. The zero-order valence-electron chi connectivity index (χ0n) is 12.5. The van der Waals surface area contributed by atoms with Crippen LogP contribution in [0.5, 0.6) is 0 Å². The van der Waals surface area contributed by atoms with E-state index in [0.29, 0.717) is 0 Å². The van der Waals surface area contributed by atoms with Gasteiger partial charge in [0.1, 0.15) is 5.82 Å². The third-order valence-electron chi connectivity index (χ3n) is 3.72. The van der Waals surface area contributed by atoms with Gasteiger partial charge in [0, 0.05) is 10.7 Å². The van der Waals surface area contributed by atoms with Gasteiger partial charge < -0.3 is 5.32 Å². The predicted molar refractivity (Wildman–Crippen MR) is 88.5 cm³/mol. The van der Waals surface area contributed by atoms with Crippen LogP contribution < -0.4 is 5.32 Å². The minimum atomic E-state index is -0.202. The first-order chi connectivity index (χ1) is 10.1. The third kappa shape index (κ3) is 4.21. The average Bonchev–Trinajstić information content (AvgIpc) is 2.49. The fourth-order valence-corrected chi connectivity index (χ4v) is 2.55. The Bertz CT molecular complexity index is 580. The zero-order valence-corrected chi connectivity index (χ0v) is 13.3. The Kier molecular flexibility index (Phi) is 5.63. The molecule has 3 heteroatoms. The van der Waals surface area contributed by atoms with Crippen LogP contribution in [0.3, 0.4) is 0 Å². The summed E-state index contributed by atoms with van der Waals surface area (Å²) < 4.78 is 13.1. The number of hydrogen-bond donors (Lipinski definition) is 1. The van der Waals surface area contributed by atoms with E-state index in [9.17, 15) is 4.39 Å². The fraction of sp³-hybridized carbons (Fsp3) is 0.333. The molecule has 0 saturated carbocycles. The van der Waals surface area contributed by atoms with Crippen LogP contribution in [0.4, 0.5) is 10.1 Å². The van der Waals surface area contributed by atoms with Crippen LogP contribution in [0.25, 0.3) is 0 Å². The monoisotopic (exact) mass is 305 g/mol. The zero-order chi connectivity index (χ0) is 15.2. The Labute approximate surface area is 131 Å². The molecular formula is C18H21ClFN. The van der Waals surface area contributed by atoms with Gasteiger partial charge in [0.25, 0.3) is 0 Å². The molecule has 0 aliphatic rings. The van der Waals surface area contributed by atoms with Crippen LogP contribution in [0.15, 0.2) is 42.5 Å². The van der Waals surface area contributed by atoms with Crippen LogP contribution in [-0.4, -0.2) is 0 Å². The van der Waals surface area contributed by atoms with Gasteiger partial charge in [-0.05, 0) is 48.7 Å². The first-order valence-corrected chi connectivity index (χ1v) is 7.76. The fourth-order valence-electron chi connectivity index (χ4n) is 2.38. The summed E-state index contributed by atoms with van der Waals surface area (Å²) in [7, 11) is 0. The molecule has 0 amide bonds. The largest absolute Gasteiger partial charge is 0.378 e. The molecule has 2 aromatic rings. The van der Waals surface area contributed by atoms with Crippen molar-refractivity contribution in [2.75, 3.05) is 5.32 Å². The van der Waals surface area contributed by atoms with Crippen molar-refractivity contribution in [3.8, 4) is 0 Å². The first-order valence-electron chi connectivity index (χ1n) is 7.39. The van der Waals surface area contributed by atoms with Crippen LogP contribution in [-0.2, 0) is 0 Å². The Morgan fingerprint density at radius 2 is 1.86 bits per heavy atom. The molecule has 1 nitrogen and oxygen atoms in total. The minimum absolute atomic E-state index is 0.169. The van der Waals surface area contributed by atoms with Crippen molar-refractivity contribution in [2.24, 2.45) is 0 Å². The van der Waals surface area contributed by atoms with Gasteiger partial charge in [-0.25, -0.2) is 4.39 Å². The van der Waals surface area contributed by atoms with Crippen molar-refractivity contribution in [2.45, 2.75) is 39.2 Å². The molecule has 1 unspecified atom stereocenters. The normalized spacial score (nSPS) is 12.2. The second kappa shape index (κ2) is 7.46. The lowest BCUT2D eigenvalue weighted by atomic mass is 10.00. The van der Waals surface area contributed by atoms with Gasteiger partial charge >= 0.3 is 0 Å². The number of benzene rings is 2. The second-order valence-electron chi connectivity index (χ2n) is 5.30. The topological polar surface area (TPSA) is 12.0 Å². The molecule has 112 valence electrons. The summed E-state index contributed by atoms with van der Waals surface area (Å²) in [6, 6.07) is 12.8. The molecule has 0 spiro atoms. The number of halogens is 2. The van der Waals surface area contributed by atoms with Crippen LogP contribution >= 0.6 is 11.6 Å². The summed E-state index contributed by atoms with van der Waals surface area (Å²) in [5.41, 5.74) is 3.18.